The number of imide groups is 1. The Morgan fingerprint density at radius 1 is 1.16 bits per heavy atom. The Morgan fingerprint density at radius 3 is 2.67 bits per heavy atom. The first-order valence-electron chi connectivity index (χ1n) is 14.1. The molecule has 3 heterocycles. The first kappa shape index (κ1) is 29.5. The molecule has 0 bridgehead atoms. The molecule has 43 heavy (non-hydrogen) atoms. The Balaban J connectivity index is 1.35. The van der Waals surface area contributed by atoms with Crippen molar-refractivity contribution in [2.24, 2.45) is 0 Å². The molecule has 5 rings (SSSR count). The van der Waals surface area contributed by atoms with Crippen LogP contribution in [0.1, 0.15) is 45.6 Å². The van der Waals surface area contributed by atoms with E-state index in [0.29, 0.717) is 19.4 Å². The average molecular weight is 591 g/mol. The number of aromatic amines is 1. The Kier molecular flexibility index (Phi) is 8.07. The summed E-state index contributed by atoms with van der Waals surface area (Å²) in [5.74, 6) is -0.987. The Hall–Kier alpha value is -4.94. The number of nitro benzene ring substituents is 1. The molecule has 2 aromatic carbocycles. The first-order chi connectivity index (χ1) is 20.4. The van der Waals surface area contributed by atoms with Crippen LogP contribution in [0.15, 0.2) is 54.7 Å². The van der Waals surface area contributed by atoms with Gasteiger partial charge in [-0.15, -0.1) is 0 Å². The van der Waals surface area contributed by atoms with Crippen LogP contribution in [0.2, 0.25) is 0 Å². The number of alkyl carbamates (subject to hydrolysis) is 1. The number of piperidine rings is 1. The number of non-ortho nitro benzene ring substituents is 1. The number of nitro groups is 1. The smallest absolute Gasteiger partial charge is 0.408 e. The maximum atomic E-state index is 13.7. The molecule has 5 amide bonds. The lowest BCUT2D eigenvalue weighted by atomic mass is 9.91. The zero-order chi connectivity index (χ0) is 30.9. The van der Waals surface area contributed by atoms with E-state index in [9.17, 15) is 29.3 Å². The van der Waals surface area contributed by atoms with Crippen molar-refractivity contribution in [3.63, 3.8) is 0 Å². The number of nitrogens with one attached hydrogen (secondary N) is 3. The number of fused-ring (bicyclic) bond motifs is 2. The molecular weight excluding hydrogens is 556 g/mol. The van der Waals surface area contributed by atoms with Crippen LogP contribution in [0, 0.1) is 10.1 Å². The van der Waals surface area contributed by atoms with Crippen LogP contribution in [0.4, 0.5) is 21.0 Å². The molecule has 226 valence electrons. The number of anilines is 1. The third-order valence-corrected chi connectivity index (χ3v) is 7.58. The largest absolute Gasteiger partial charge is 0.444 e. The van der Waals surface area contributed by atoms with Gasteiger partial charge in [-0.1, -0.05) is 24.3 Å². The second kappa shape index (κ2) is 11.7. The highest BCUT2D eigenvalue weighted by Gasteiger charge is 2.45. The van der Waals surface area contributed by atoms with Crippen molar-refractivity contribution in [3.8, 4) is 0 Å². The number of urea groups is 1. The fourth-order valence-corrected chi connectivity index (χ4v) is 5.68. The van der Waals surface area contributed by atoms with Gasteiger partial charge >= 0.3 is 12.1 Å². The third-order valence-electron chi connectivity index (χ3n) is 7.58. The molecule has 1 aromatic heterocycles. The number of benzene rings is 2. The molecule has 3 atom stereocenters. The number of aromatic nitrogens is 1. The van der Waals surface area contributed by atoms with E-state index < -0.39 is 52.6 Å². The average Bonchev–Trinajstić information content (AvgIpc) is 3.35. The molecule has 2 aliphatic heterocycles. The highest BCUT2D eigenvalue weighted by Crippen LogP contribution is 2.31. The molecular formula is C30H34N6O7. The molecule has 0 aliphatic carbocycles. The highest BCUT2D eigenvalue weighted by atomic mass is 16.6. The van der Waals surface area contributed by atoms with Crippen LogP contribution in [0.25, 0.3) is 10.9 Å². The third kappa shape index (κ3) is 6.45. The van der Waals surface area contributed by atoms with Gasteiger partial charge in [0.1, 0.15) is 11.6 Å². The molecule has 0 radical (unpaired) electrons. The van der Waals surface area contributed by atoms with E-state index in [-0.39, 0.29) is 24.2 Å². The summed E-state index contributed by atoms with van der Waals surface area (Å²) >= 11 is 0. The summed E-state index contributed by atoms with van der Waals surface area (Å²) in [7, 11) is 0. The summed E-state index contributed by atoms with van der Waals surface area (Å²) < 4.78 is 5.42. The summed E-state index contributed by atoms with van der Waals surface area (Å²) in [6.07, 6.45) is 2.24. The summed E-state index contributed by atoms with van der Waals surface area (Å²) in [5, 5.41) is 17.9. The number of ether oxygens (including phenoxy) is 1. The molecule has 3 N–H and O–H groups in total. The zero-order valence-electron chi connectivity index (χ0n) is 24.2. The lowest BCUT2D eigenvalue weighted by molar-refractivity contribution is -0.384. The van der Waals surface area contributed by atoms with E-state index in [0.717, 1.165) is 21.4 Å². The standard InChI is InChI=1S/C30H34N6O7/c1-30(2,3)43-28(39)33-24(14-18-17-31-22-11-5-4-10-21(18)22)27(38)32-23-12-7-13-34-25(23)16-26(37)35(29(34)40)19-8-6-9-20(15-19)36(41)42/h4-6,8-11,15,17,23-25,31H,7,12-14,16H2,1-3H3,(H,32,38)(H,33,39)/t23-,24-,25+/m0/s1. The molecule has 13 heteroatoms. The summed E-state index contributed by atoms with van der Waals surface area (Å²) in [6, 6.07) is 10.3. The highest BCUT2D eigenvalue weighted by molar-refractivity contribution is 6.16. The van der Waals surface area contributed by atoms with Crippen LogP contribution in [0.3, 0.4) is 0 Å². The van der Waals surface area contributed by atoms with Crippen molar-refractivity contribution in [1.29, 1.82) is 0 Å². The van der Waals surface area contributed by atoms with Crippen molar-refractivity contribution in [2.45, 2.75) is 70.2 Å². The molecule has 0 unspecified atom stereocenters. The van der Waals surface area contributed by atoms with E-state index in [2.05, 4.69) is 15.6 Å². The number of nitrogens with zero attached hydrogens (tertiary/aromatic N) is 3. The SMILES string of the molecule is CC(C)(C)OC(=O)N[C@@H](Cc1c[nH]c2ccccc12)C(=O)N[C@H]1CCCN2C(=O)N(c3cccc([N+](=O)[O-])c3)C(=O)C[C@H]12. The van der Waals surface area contributed by atoms with Crippen molar-refractivity contribution in [3.05, 3.63) is 70.4 Å². The second-order valence-electron chi connectivity index (χ2n) is 11.8. The molecule has 2 fully saturated rings. The van der Waals surface area contributed by atoms with Gasteiger partial charge in [0.25, 0.3) is 5.69 Å². The fraction of sp³-hybridized carbons (Fsp3) is 0.400. The summed E-state index contributed by atoms with van der Waals surface area (Å²) in [5.41, 5.74) is 0.831. The summed E-state index contributed by atoms with van der Waals surface area (Å²) in [4.78, 5) is 69.6. The van der Waals surface area contributed by atoms with Gasteiger partial charge in [0.15, 0.2) is 0 Å². The number of hydrogen-bond acceptors (Lipinski definition) is 7. The van der Waals surface area contributed by atoms with Crippen LogP contribution in [-0.2, 0) is 20.7 Å². The van der Waals surface area contributed by atoms with Crippen molar-refractivity contribution < 1.29 is 28.8 Å². The number of hydrogen-bond donors (Lipinski definition) is 3. The molecule has 3 aromatic rings. The van der Waals surface area contributed by atoms with E-state index in [1.54, 1.807) is 27.0 Å². The van der Waals surface area contributed by atoms with Gasteiger partial charge in [0.05, 0.1) is 23.1 Å². The topological polar surface area (TPSA) is 167 Å². The maximum Gasteiger partial charge on any atom is 0.408 e. The molecule has 2 saturated heterocycles. The van der Waals surface area contributed by atoms with E-state index >= 15 is 0 Å². The molecule has 0 spiro atoms. The normalized spacial score (nSPS) is 19.5. The maximum absolute atomic E-state index is 13.7. The van der Waals surface area contributed by atoms with Gasteiger partial charge in [-0.25, -0.2) is 14.5 Å². The fourth-order valence-electron chi connectivity index (χ4n) is 5.68. The quantitative estimate of drug-likeness (QED) is 0.276. The van der Waals surface area contributed by atoms with Gasteiger partial charge < -0.3 is 25.3 Å². The van der Waals surface area contributed by atoms with Gasteiger partial charge in [0.2, 0.25) is 11.8 Å². The number of para-hydroxylation sites is 1. The zero-order valence-corrected chi connectivity index (χ0v) is 24.2. The van der Waals surface area contributed by atoms with E-state index in [4.69, 9.17) is 4.74 Å². The number of H-pyrrole nitrogens is 1. The minimum absolute atomic E-state index is 0.0774. The Morgan fingerprint density at radius 2 is 1.93 bits per heavy atom. The minimum atomic E-state index is -0.999. The number of amides is 5. The predicted molar refractivity (Wildman–Crippen MR) is 157 cm³/mol. The van der Waals surface area contributed by atoms with Crippen LogP contribution in [0.5, 0.6) is 0 Å². The van der Waals surface area contributed by atoms with Gasteiger partial charge in [-0.05, 0) is 51.3 Å². The van der Waals surface area contributed by atoms with Crippen LogP contribution >= 0.6 is 0 Å². The summed E-state index contributed by atoms with van der Waals surface area (Å²) in [6.45, 7) is 5.55. The van der Waals surface area contributed by atoms with Crippen LogP contribution in [-0.4, -0.2) is 69.0 Å². The van der Waals surface area contributed by atoms with Gasteiger partial charge in [0, 0.05) is 48.2 Å². The number of rotatable bonds is 7. The van der Waals surface area contributed by atoms with Crippen molar-refractivity contribution in [1.82, 2.24) is 20.5 Å². The molecule has 2 aliphatic rings. The van der Waals surface area contributed by atoms with Gasteiger partial charge in [-0.3, -0.25) is 19.7 Å². The van der Waals surface area contributed by atoms with Crippen molar-refractivity contribution in [2.75, 3.05) is 11.4 Å². The lowest BCUT2D eigenvalue weighted by Gasteiger charge is -2.46. The van der Waals surface area contributed by atoms with E-state index in [1.165, 1.54) is 29.2 Å². The first-order valence-corrected chi connectivity index (χ1v) is 14.1. The van der Waals surface area contributed by atoms with Crippen LogP contribution < -0.4 is 15.5 Å². The molecule has 0 saturated carbocycles. The molecule has 13 nitrogen and oxygen atoms in total. The van der Waals surface area contributed by atoms with Crippen molar-refractivity contribution >= 4 is 46.2 Å². The van der Waals surface area contributed by atoms with E-state index in [1.807, 2.05) is 24.3 Å². The Labute approximate surface area is 247 Å². The minimum Gasteiger partial charge on any atom is -0.444 e. The monoisotopic (exact) mass is 590 g/mol. The number of carbonyl (C=O) groups excluding carboxylic acids is 4. The van der Waals surface area contributed by atoms with Gasteiger partial charge in [-0.2, -0.15) is 0 Å². The second-order valence-corrected chi connectivity index (χ2v) is 11.8. The predicted octanol–water partition coefficient (Wildman–Crippen LogP) is 4.02. The number of carbonyl (C=O) groups is 4. The lowest BCUT2D eigenvalue weighted by Crippen LogP contribution is -2.66. The Bertz CT molecular complexity index is 1580.